The van der Waals surface area contributed by atoms with Crippen molar-refractivity contribution in [3.8, 4) is 11.5 Å². The number of nitrogens with zero attached hydrogens (tertiary/aromatic N) is 1. The first-order valence-corrected chi connectivity index (χ1v) is 13.0. The van der Waals surface area contributed by atoms with Crippen LogP contribution in [0.1, 0.15) is 42.3 Å². The molecular weight excluding hydrogens is 549 g/mol. The molecule has 0 radical (unpaired) electrons. The number of carbonyl (C=O) groups is 2. The van der Waals surface area contributed by atoms with Crippen LogP contribution in [0, 0.1) is 5.92 Å². The lowest BCUT2D eigenvalue weighted by atomic mass is 10.0. The van der Waals surface area contributed by atoms with E-state index >= 15 is 0 Å². The van der Waals surface area contributed by atoms with Gasteiger partial charge in [-0.05, 0) is 72.5 Å². The summed E-state index contributed by atoms with van der Waals surface area (Å²) in [6.07, 6.45) is 1.48. The highest BCUT2D eigenvalue weighted by Gasteiger charge is 2.25. The van der Waals surface area contributed by atoms with Gasteiger partial charge in [0.05, 0.1) is 23.4 Å². The predicted octanol–water partition coefficient (Wildman–Crippen LogP) is 6.53. The molecule has 200 valence electrons. The van der Waals surface area contributed by atoms with E-state index in [0.29, 0.717) is 40.3 Å². The molecule has 0 aromatic heterocycles. The van der Waals surface area contributed by atoms with Gasteiger partial charge in [-0.1, -0.05) is 60.8 Å². The summed E-state index contributed by atoms with van der Waals surface area (Å²) in [6, 6.07) is 16.4. The molecule has 3 aromatic rings. The van der Waals surface area contributed by atoms with Crippen LogP contribution in [0.4, 0.5) is 0 Å². The van der Waals surface area contributed by atoms with E-state index in [9.17, 15) is 9.59 Å². The van der Waals surface area contributed by atoms with Crippen molar-refractivity contribution in [2.24, 2.45) is 11.0 Å². The zero-order chi connectivity index (χ0) is 27.7. The molecule has 0 heterocycles. The van der Waals surface area contributed by atoms with E-state index in [2.05, 4.69) is 15.8 Å². The fraction of sp³-hybridized carbons (Fsp3) is 0.250. The molecule has 0 fully saturated rings. The van der Waals surface area contributed by atoms with Crippen LogP contribution in [0.15, 0.2) is 65.8 Å². The first-order valence-electron chi connectivity index (χ1n) is 11.9. The molecule has 0 aliphatic rings. The van der Waals surface area contributed by atoms with Gasteiger partial charge in [0.25, 0.3) is 11.8 Å². The van der Waals surface area contributed by atoms with Crippen LogP contribution in [0.2, 0.25) is 15.1 Å². The summed E-state index contributed by atoms with van der Waals surface area (Å²) < 4.78 is 11.6. The summed E-state index contributed by atoms with van der Waals surface area (Å²) >= 11 is 18.0. The van der Waals surface area contributed by atoms with Crippen LogP contribution in [-0.2, 0) is 11.4 Å². The van der Waals surface area contributed by atoms with E-state index < -0.39 is 17.9 Å². The van der Waals surface area contributed by atoms with Crippen molar-refractivity contribution in [3.05, 3.63) is 92.4 Å². The molecule has 7 nitrogen and oxygen atoms in total. The van der Waals surface area contributed by atoms with Crippen LogP contribution in [-0.4, -0.2) is 30.7 Å². The molecule has 0 aliphatic carbocycles. The largest absolute Gasteiger partial charge is 0.490 e. The van der Waals surface area contributed by atoms with E-state index in [-0.39, 0.29) is 16.5 Å². The standard InChI is InChI=1S/C28H28Cl3N3O4/c1-4-37-25-13-19(7-12-24(25)38-16-18-5-8-20(29)9-6-18)15-32-34-28(36)26(17(2)3)33-27(35)22-11-10-21(30)14-23(22)31/h5-15,17,26H,4,16H2,1-3H3,(H,33,35)(H,34,36). The fourth-order valence-corrected chi connectivity index (χ4v) is 4.02. The van der Waals surface area contributed by atoms with E-state index in [1.165, 1.54) is 18.3 Å². The van der Waals surface area contributed by atoms with Crippen LogP contribution < -0.4 is 20.2 Å². The van der Waals surface area contributed by atoms with Crippen LogP contribution in [0.25, 0.3) is 0 Å². The van der Waals surface area contributed by atoms with Crippen LogP contribution in [0.5, 0.6) is 11.5 Å². The molecule has 3 aromatic carbocycles. The lowest BCUT2D eigenvalue weighted by Gasteiger charge is -2.20. The van der Waals surface area contributed by atoms with Gasteiger partial charge in [-0.25, -0.2) is 5.43 Å². The Morgan fingerprint density at radius 2 is 1.63 bits per heavy atom. The topological polar surface area (TPSA) is 89.0 Å². The summed E-state index contributed by atoms with van der Waals surface area (Å²) in [5, 5.41) is 8.03. The number of hydrogen-bond donors (Lipinski definition) is 2. The Bertz CT molecular complexity index is 1300. The second kappa shape index (κ2) is 14.0. The van der Waals surface area contributed by atoms with Gasteiger partial charge in [-0.3, -0.25) is 9.59 Å². The van der Waals surface area contributed by atoms with Crippen LogP contribution >= 0.6 is 34.8 Å². The van der Waals surface area contributed by atoms with Crippen molar-refractivity contribution in [2.45, 2.75) is 33.4 Å². The van der Waals surface area contributed by atoms with Crippen molar-refractivity contribution >= 4 is 52.8 Å². The monoisotopic (exact) mass is 575 g/mol. The number of nitrogens with one attached hydrogen (secondary N) is 2. The van der Waals surface area contributed by atoms with Crippen LogP contribution in [0.3, 0.4) is 0 Å². The Morgan fingerprint density at radius 3 is 2.29 bits per heavy atom. The van der Waals surface area contributed by atoms with Crippen molar-refractivity contribution in [3.63, 3.8) is 0 Å². The summed E-state index contributed by atoms with van der Waals surface area (Å²) in [5.41, 5.74) is 4.37. The highest BCUT2D eigenvalue weighted by molar-refractivity contribution is 6.36. The zero-order valence-electron chi connectivity index (χ0n) is 21.1. The fourth-order valence-electron chi connectivity index (χ4n) is 3.40. The summed E-state index contributed by atoms with van der Waals surface area (Å²) in [7, 11) is 0. The van der Waals surface area contributed by atoms with Gasteiger partial charge in [0.2, 0.25) is 0 Å². The molecule has 38 heavy (non-hydrogen) atoms. The smallest absolute Gasteiger partial charge is 0.262 e. The summed E-state index contributed by atoms with van der Waals surface area (Å²) in [5.74, 6) is -0.0418. The number of hydrazone groups is 1. The third-order valence-electron chi connectivity index (χ3n) is 5.38. The SMILES string of the molecule is CCOc1cc(C=NNC(=O)C(NC(=O)c2ccc(Cl)cc2Cl)C(C)C)ccc1OCc1ccc(Cl)cc1. The maximum atomic E-state index is 12.8. The molecular formula is C28H28Cl3N3O4. The van der Waals surface area contributed by atoms with Crippen molar-refractivity contribution in [1.29, 1.82) is 0 Å². The quantitative estimate of drug-likeness (QED) is 0.201. The van der Waals surface area contributed by atoms with Gasteiger partial charge in [-0.15, -0.1) is 0 Å². The molecule has 2 amide bonds. The van der Waals surface area contributed by atoms with Gasteiger partial charge >= 0.3 is 0 Å². The third kappa shape index (κ3) is 8.38. The first-order chi connectivity index (χ1) is 18.2. The Hall–Kier alpha value is -3.26. The number of hydrogen-bond acceptors (Lipinski definition) is 5. The number of carbonyl (C=O) groups excluding carboxylic acids is 2. The minimum absolute atomic E-state index is 0.196. The number of amides is 2. The van der Waals surface area contributed by atoms with Crippen molar-refractivity contribution in [2.75, 3.05) is 6.61 Å². The Balaban J connectivity index is 1.64. The average molecular weight is 577 g/mol. The molecule has 1 unspecified atom stereocenters. The highest BCUT2D eigenvalue weighted by atomic mass is 35.5. The lowest BCUT2D eigenvalue weighted by Crippen LogP contribution is -2.48. The second-order valence-electron chi connectivity index (χ2n) is 8.61. The number of rotatable bonds is 11. The normalized spacial score (nSPS) is 11.9. The molecule has 0 saturated heterocycles. The minimum atomic E-state index is -0.839. The lowest BCUT2D eigenvalue weighted by molar-refractivity contribution is -0.123. The molecule has 2 N–H and O–H groups in total. The van der Waals surface area contributed by atoms with Crippen molar-refractivity contribution in [1.82, 2.24) is 10.7 Å². The number of halogens is 3. The highest BCUT2D eigenvalue weighted by Crippen LogP contribution is 2.29. The molecule has 0 bridgehead atoms. The molecule has 10 heteroatoms. The van der Waals surface area contributed by atoms with E-state index in [1.807, 2.05) is 32.9 Å². The van der Waals surface area contributed by atoms with Gasteiger partial charge in [-0.2, -0.15) is 5.10 Å². The minimum Gasteiger partial charge on any atom is -0.490 e. The van der Waals surface area contributed by atoms with E-state index in [4.69, 9.17) is 44.3 Å². The molecule has 1 atom stereocenters. The van der Waals surface area contributed by atoms with Gasteiger partial charge in [0, 0.05) is 10.0 Å². The average Bonchev–Trinajstić information content (AvgIpc) is 2.87. The van der Waals surface area contributed by atoms with Gasteiger partial charge in [0.15, 0.2) is 11.5 Å². The Morgan fingerprint density at radius 1 is 0.921 bits per heavy atom. The summed E-state index contributed by atoms with van der Waals surface area (Å²) in [6.45, 7) is 6.30. The molecule has 0 aliphatic heterocycles. The van der Waals surface area contributed by atoms with E-state index in [1.54, 1.807) is 36.4 Å². The maximum Gasteiger partial charge on any atom is 0.262 e. The Labute approximate surface area is 237 Å². The Kier molecular flexibility index (Phi) is 10.8. The predicted molar refractivity (Wildman–Crippen MR) is 152 cm³/mol. The molecule has 0 saturated carbocycles. The summed E-state index contributed by atoms with van der Waals surface area (Å²) in [4.78, 5) is 25.5. The van der Waals surface area contributed by atoms with E-state index in [0.717, 1.165) is 5.56 Å². The second-order valence-corrected chi connectivity index (χ2v) is 9.89. The van der Waals surface area contributed by atoms with Gasteiger partial charge < -0.3 is 14.8 Å². The molecule has 0 spiro atoms. The number of ether oxygens (including phenoxy) is 2. The molecule has 3 rings (SSSR count). The number of benzene rings is 3. The first kappa shape index (κ1) is 29.3. The maximum absolute atomic E-state index is 12.8. The van der Waals surface area contributed by atoms with Crippen molar-refractivity contribution < 1.29 is 19.1 Å². The zero-order valence-corrected chi connectivity index (χ0v) is 23.4. The van der Waals surface area contributed by atoms with Gasteiger partial charge in [0.1, 0.15) is 12.6 Å². The third-order valence-corrected chi connectivity index (χ3v) is 6.17.